The Hall–Kier alpha value is -1.79. The second-order valence-corrected chi connectivity index (χ2v) is 2.58. The largest absolute Gasteiger partial charge is 0.506 e. The number of ether oxygens (including phenoxy) is 1. The number of carbonyl (C=O) groups is 1. The number of hydrogen-bond acceptors (Lipinski definition) is 4. The fourth-order valence-electron chi connectivity index (χ4n) is 0.901. The number of alkyl halides is 3. The summed E-state index contributed by atoms with van der Waals surface area (Å²) in [7, 11) is 1.07. The monoisotopic (exact) mass is 221 g/mol. The van der Waals surface area contributed by atoms with Gasteiger partial charge >= 0.3 is 12.1 Å². The molecule has 1 rings (SSSR count). The number of carbonyl (C=O) groups excluding carboxylic acids is 1. The van der Waals surface area contributed by atoms with Crippen LogP contribution >= 0.6 is 0 Å². The van der Waals surface area contributed by atoms with Crippen LogP contribution in [0, 0.1) is 0 Å². The molecule has 82 valence electrons. The molecule has 0 unspecified atom stereocenters. The van der Waals surface area contributed by atoms with E-state index in [1.807, 2.05) is 0 Å². The summed E-state index contributed by atoms with van der Waals surface area (Å²) < 4.78 is 40.6. The molecule has 1 aromatic heterocycles. The van der Waals surface area contributed by atoms with Crippen molar-refractivity contribution in [1.29, 1.82) is 0 Å². The van der Waals surface area contributed by atoms with Crippen molar-refractivity contribution in [2.24, 2.45) is 0 Å². The van der Waals surface area contributed by atoms with E-state index in [0.717, 1.165) is 7.11 Å². The van der Waals surface area contributed by atoms with Gasteiger partial charge in [-0.3, -0.25) is 0 Å². The first kappa shape index (κ1) is 11.3. The zero-order valence-electron chi connectivity index (χ0n) is 7.50. The number of rotatable bonds is 1. The van der Waals surface area contributed by atoms with E-state index in [2.05, 4.69) is 9.72 Å². The molecule has 1 N–H and O–H groups in total. The lowest BCUT2D eigenvalue weighted by Gasteiger charge is -2.08. The third-order valence-electron chi connectivity index (χ3n) is 1.56. The minimum Gasteiger partial charge on any atom is -0.506 e. The third-order valence-corrected chi connectivity index (χ3v) is 1.56. The fourth-order valence-corrected chi connectivity index (χ4v) is 0.901. The number of aromatic hydroxyl groups is 1. The molecule has 0 aliphatic rings. The van der Waals surface area contributed by atoms with Gasteiger partial charge in [-0.15, -0.1) is 0 Å². The highest BCUT2D eigenvalue weighted by molar-refractivity contribution is 5.89. The van der Waals surface area contributed by atoms with Crippen molar-refractivity contribution < 1.29 is 27.8 Å². The third kappa shape index (κ3) is 2.36. The van der Waals surface area contributed by atoms with Gasteiger partial charge < -0.3 is 9.84 Å². The van der Waals surface area contributed by atoms with Gasteiger partial charge in [0.05, 0.1) is 12.7 Å². The molecule has 0 aliphatic carbocycles. The van der Waals surface area contributed by atoms with Crippen LogP contribution in [0.1, 0.15) is 16.1 Å². The molecule has 0 saturated carbocycles. The van der Waals surface area contributed by atoms with Crippen LogP contribution in [0.2, 0.25) is 0 Å². The van der Waals surface area contributed by atoms with Gasteiger partial charge in [-0.25, -0.2) is 9.78 Å². The quantitative estimate of drug-likeness (QED) is 0.731. The minimum atomic E-state index is -4.75. The molecule has 1 heterocycles. The van der Waals surface area contributed by atoms with Crippen LogP contribution < -0.4 is 0 Å². The van der Waals surface area contributed by atoms with E-state index in [-0.39, 0.29) is 5.56 Å². The smallest absolute Gasteiger partial charge is 0.437 e. The predicted molar refractivity (Wildman–Crippen MR) is 42.2 cm³/mol. The number of hydrogen-bond donors (Lipinski definition) is 1. The second-order valence-electron chi connectivity index (χ2n) is 2.58. The van der Waals surface area contributed by atoms with Gasteiger partial charge in [-0.1, -0.05) is 0 Å². The van der Waals surface area contributed by atoms with E-state index in [1.54, 1.807) is 0 Å². The molecule has 0 atom stereocenters. The number of nitrogens with zero attached hydrogens (tertiary/aromatic N) is 1. The van der Waals surface area contributed by atoms with Crippen LogP contribution in [0.5, 0.6) is 5.75 Å². The Morgan fingerprint density at radius 1 is 1.53 bits per heavy atom. The summed E-state index contributed by atoms with van der Waals surface area (Å²) in [6.45, 7) is 0. The molecule has 0 fully saturated rings. The zero-order chi connectivity index (χ0) is 11.6. The lowest BCUT2D eigenvalue weighted by molar-refractivity contribution is -0.142. The standard InChI is InChI=1S/C8H6F3NO3/c1-15-7(14)4-2-5(13)6(12-3-4)8(9,10)11/h2-3,13H,1H3. The molecule has 0 bridgehead atoms. The van der Waals surface area contributed by atoms with E-state index in [9.17, 15) is 18.0 Å². The summed E-state index contributed by atoms with van der Waals surface area (Å²) in [6, 6.07) is 0.654. The van der Waals surface area contributed by atoms with Crippen LogP contribution in [0.15, 0.2) is 12.3 Å². The van der Waals surface area contributed by atoms with Crippen LogP contribution in [-0.2, 0) is 10.9 Å². The summed E-state index contributed by atoms with van der Waals surface area (Å²) in [6.07, 6.45) is -4.06. The molecule has 4 nitrogen and oxygen atoms in total. The Balaban J connectivity index is 3.15. The Bertz CT molecular complexity index is 389. The number of esters is 1. The molecule has 0 aliphatic heterocycles. The average Bonchev–Trinajstić information content (AvgIpc) is 2.14. The Morgan fingerprint density at radius 3 is 2.53 bits per heavy atom. The summed E-state index contributed by atoms with van der Waals surface area (Å²) >= 11 is 0. The van der Waals surface area contributed by atoms with Crippen molar-refractivity contribution >= 4 is 5.97 Å². The topological polar surface area (TPSA) is 59.4 Å². The maximum atomic E-state index is 12.1. The highest BCUT2D eigenvalue weighted by atomic mass is 19.4. The SMILES string of the molecule is COC(=O)c1cnc(C(F)(F)F)c(O)c1. The molecule has 15 heavy (non-hydrogen) atoms. The molecule has 0 radical (unpaired) electrons. The number of methoxy groups -OCH3 is 1. The molecule has 7 heteroatoms. The lowest BCUT2D eigenvalue weighted by Crippen LogP contribution is -2.10. The number of aromatic nitrogens is 1. The lowest BCUT2D eigenvalue weighted by atomic mass is 10.2. The minimum absolute atomic E-state index is 0.247. The Morgan fingerprint density at radius 2 is 2.13 bits per heavy atom. The summed E-state index contributed by atoms with van der Waals surface area (Å²) in [5, 5.41) is 8.98. The molecule has 0 spiro atoms. The highest BCUT2D eigenvalue weighted by Gasteiger charge is 2.36. The Labute approximate surface area is 82.3 Å². The highest BCUT2D eigenvalue weighted by Crippen LogP contribution is 2.33. The van der Waals surface area contributed by atoms with Crippen molar-refractivity contribution in [1.82, 2.24) is 4.98 Å². The van der Waals surface area contributed by atoms with E-state index in [1.165, 1.54) is 0 Å². The number of pyridine rings is 1. The van der Waals surface area contributed by atoms with Crippen LogP contribution in [0.25, 0.3) is 0 Å². The second kappa shape index (κ2) is 3.76. The summed E-state index contributed by atoms with van der Waals surface area (Å²) in [4.78, 5) is 13.8. The predicted octanol–water partition coefficient (Wildman–Crippen LogP) is 1.59. The normalized spacial score (nSPS) is 11.2. The van der Waals surface area contributed by atoms with Crippen molar-refractivity contribution in [2.45, 2.75) is 6.18 Å². The van der Waals surface area contributed by atoms with Gasteiger partial charge in [0.25, 0.3) is 0 Å². The number of halogens is 3. The van der Waals surface area contributed by atoms with Crippen LogP contribution in [0.4, 0.5) is 13.2 Å². The maximum absolute atomic E-state index is 12.1. The van der Waals surface area contributed by atoms with E-state index >= 15 is 0 Å². The molecule has 0 aromatic carbocycles. The van der Waals surface area contributed by atoms with Gasteiger partial charge in [0.1, 0.15) is 5.75 Å². The van der Waals surface area contributed by atoms with Crippen LogP contribution in [0.3, 0.4) is 0 Å². The average molecular weight is 221 g/mol. The fraction of sp³-hybridized carbons (Fsp3) is 0.250. The van der Waals surface area contributed by atoms with Gasteiger partial charge in [-0.05, 0) is 6.07 Å². The molecule has 1 aromatic rings. The maximum Gasteiger partial charge on any atom is 0.437 e. The molecule has 0 amide bonds. The first-order chi connectivity index (χ1) is 6.86. The van der Waals surface area contributed by atoms with Gasteiger partial charge in [0.2, 0.25) is 0 Å². The van der Waals surface area contributed by atoms with E-state index in [0.29, 0.717) is 12.3 Å². The van der Waals surface area contributed by atoms with E-state index < -0.39 is 23.6 Å². The van der Waals surface area contributed by atoms with Crippen molar-refractivity contribution in [2.75, 3.05) is 7.11 Å². The summed E-state index contributed by atoms with van der Waals surface area (Å²) in [5.41, 5.74) is -1.68. The zero-order valence-corrected chi connectivity index (χ0v) is 7.50. The van der Waals surface area contributed by atoms with Crippen LogP contribution in [-0.4, -0.2) is 23.2 Å². The van der Waals surface area contributed by atoms with Gasteiger partial charge in [-0.2, -0.15) is 13.2 Å². The van der Waals surface area contributed by atoms with Gasteiger partial charge in [0, 0.05) is 6.20 Å². The molecular weight excluding hydrogens is 215 g/mol. The first-order valence-corrected chi connectivity index (χ1v) is 3.70. The first-order valence-electron chi connectivity index (χ1n) is 3.70. The van der Waals surface area contributed by atoms with Crippen molar-refractivity contribution in [3.05, 3.63) is 23.5 Å². The molecule has 0 saturated heterocycles. The molecular formula is C8H6F3NO3. The van der Waals surface area contributed by atoms with Crippen molar-refractivity contribution in [3.63, 3.8) is 0 Å². The van der Waals surface area contributed by atoms with Crippen molar-refractivity contribution in [3.8, 4) is 5.75 Å². The summed E-state index contributed by atoms with van der Waals surface area (Å²) in [5.74, 6) is -1.98. The van der Waals surface area contributed by atoms with E-state index in [4.69, 9.17) is 5.11 Å². The Kier molecular flexibility index (Phi) is 2.83. The van der Waals surface area contributed by atoms with Gasteiger partial charge in [0.15, 0.2) is 5.69 Å².